The molecule has 0 bridgehead atoms. The second-order valence-electron chi connectivity index (χ2n) is 3.28. The highest BCUT2D eigenvalue weighted by atomic mass is 16.3. The molecule has 2 rings (SSSR count). The highest BCUT2D eigenvalue weighted by molar-refractivity contribution is 5.26. The van der Waals surface area contributed by atoms with Crippen molar-refractivity contribution in [2.24, 2.45) is 0 Å². The Labute approximate surface area is 72.4 Å². The van der Waals surface area contributed by atoms with E-state index in [-0.39, 0.29) is 0 Å². The molecule has 1 aliphatic rings. The monoisotopic (exact) mass is 160 g/mol. The Bertz CT molecular complexity index is 279. The van der Waals surface area contributed by atoms with E-state index in [2.05, 4.69) is 0 Å². The van der Waals surface area contributed by atoms with Gasteiger partial charge >= 0.3 is 0 Å². The van der Waals surface area contributed by atoms with Crippen molar-refractivity contribution in [3.05, 3.63) is 48.0 Å². The number of hydrogen-bond donors (Lipinski definition) is 1. The van der Waals surface area contributed by atoms with Gasteiger partial charge in [-0.1, -0.05) is 42.5 Å². The van der Waals surface area contributed by atoms with Gasteiger partial charge in [-0.3, -0.25) is 0 Å². The maximum absolute atomic E-state index is 10.1. The molecule has 0 saturated heterocycles. The summed E-state index contributed by atoms with van der Waals surface area (Å²) < 4.78 is 0. The maximum Gasteiger partial charge on any atom is 0.0965 e. The molecular weight excluding hydrogens is 148 g/mol. The molecule has 0 heterocycles. The lowest BCUT2D eigenvalue weighted by Gasteiger charge is -2.22. The maximum atomic E-state index is 10.1. The van der Waals surface area contributed by atoms with Crippen LogP contribution in [-0.4, -0.2) is 5.11 Å². The van der Waals surface area contributed by atoms with E-state index < -0.39 is 5.60 Å². The average molecular weight is 160 g/mol. The third kappa shape index (κ3) is 1.16. The molecule has 0 aliphatic heterocycles. The molecule has 1 heteroatoms. The van der Waals surface area contributed by atoms with Crippen LogP contribution in [0.5, 0.6) is 0 Å². The van der Waals surface area contributed by atoms with Crippen LogP contribution >= 0.6 is 0 Å². The molecule has 0 aromatic heterocycles. The first-order valence-electron chi connectivity index (χ1n) is 4.24. The predicted octanol–water partition coefficient (Wildman–Crippen LogP) is 2.22. The van der Waals surface area contributed by atoms with E-state index in [1.807, 2.05) is 42.5 Å². The highest BCUT2D eigenvalue weighted by Crippen LogP contribution is 2.33. The molecule has 1 aromatic rings. The van der Waals surface area contributed by atoms with Crippen molar-refractivity contribution in [3.8, 4) is 0 Å². The first-order valence-corrected chi connectivity index (χ1v) is 4.24. The summed E-state index contributed by atoms with van der Waals surface area (Å²) in [6.45, 7) is 0. The third-order valence-electron chi connectivity index (χ3n) is 2.39. The van der Waals surface area contributed by atoms with Crippen molar-refractivity contribution < 1.29 is 5.11 Å². The molecule has 0 atom stereocenters. The summed E-state index contributed by atoms with van der Waals surface area (Å²) in [6, 6.07) is 9.85. The molecule has 1 aliphatic carbocycles. The van der Waals surface area contributed by atoms with Gasteiger partial charge in [0.1, 0.15) is 0 Å². The van der Waals surface area contributed by atoms with E-state index in [9.17, 15) is 5.11 Å². The minimum atomic E-state index is -0.624. The summed E-state index contributed by atoms with van der Waals surface area (Å²) in [6.07, 6.45) is 5.56. The summed E-state index contributed by atoms with van der Waals surface area (Å²) in [5, 5.41) is 10.1. The molecule has 0 radical (unpaired) electrons. The molecule has 0 saturated carbocycles. The van der Waals surface area contributed by atoms with Gasteiger partial charge in [0.15, 0.2) is 0 Å². The zero-order valence-corrected chi connectivity index (χ0v) is 6.90. The van der Waals surface area contributed by atoms with Gasteiger partial charge in [-0.15, -0.1) is 0 Å². The van der Waals surface area contributed by atoms with Crippen LogP contribution in [0.2, 0.25) is 0 Å². The van der Waals surface area contributed by atoms with Crippen LogP contribution in [0.25, 0.3) is 0 Å². The van der Waals surface area contributed by atoms with Crippen LogP contribution in [0.4, 0.5) is 0 Å². The Morgan fingerprint density at radius 3 is 2.17 bits per heavy atom. The lowest BCUT2D eigenvalue weighted by molar-refractivity contribution is 0.0509. The number of benzene rings is 1. The molecule has 1 N–H and O–H groups in total. The van der Waals surface area contributed by atoms with Gasteiger partial charge in [-0.2, -0.15) is 0 Å². The van der Waals surface area contributed by atoms with Crippen LogP contribution in [0.1, 0.15) is 18.4 Å². The Morgan fingerprint density at radius 1 is 1.00 bits per heavy atom. The summed E-state index contributed by atoms with van der Waals surface area (Å²) >= 11 is 0. The van der Waals surface area contributed by atoms with E-state index in [4.69, 9.17) is 0 Å². The summed E-state index contributed by atoms with van der Waals surface area (Å²) in [7, 11) is 0. The van der Waals surface area contributed by atoms with Crippen molar-refractivity contribution in [1.29, 1.82) is 0 Å². The normalized spacial score (nSPS) is 19.8. The first kappa shape index (κ1) is 7.56. The fourth-order valence-electron chi connectivity index (χ4n) is 1.62. The molecule has 62 valence electrons. The topological polar surface area (TPSA) is 20.2 Å². The van der Waals surface area contributed by atoms with Gasteiger partial charge in [-0.05, 0) is 18.4 Å². The fraction of sp³-hybridized carbons (Fsp3) is 0.273. The predicted molar refractivity (Wildman–Crippen MR) is 48.7 cm³/mol. The van der Waals surface area contributed by atoms with E-state index in [1.54, 1.807) is 0 Å². The van der Waals surface area contributed by atoms with Crippen molar-refractivity contribution in [3.63, 3.8) is 0 Å². The molecule has 0 spiro atoms. The largest absolute Gasteiger partial charge is 0.385 e. The zero-order valence-electron chi connectivity index (χ0n) is 6.90. The second-order valence-corrected chi connectivity index (χ2v) is 3.28. The molecule has 0 unspecified atom stereocenters. The van der Waals surface area contributed by atoms with Crippen LogP contribution in [0.15, 0.2) is 42.5 Å². The van der Waals surface area contributed by atoms with Crippen LogP contribution in [0, 0.1) is 0 Å². The molecule has 1 nitrogen and oxygen atoms in total. The summed E-state index contributed by atoms with van der Waals surface area (Å²) in [5.41, 5.74) is 0.399. The number of hydrogen-bond acceptors (Lipinski definition) is 1. The molecule has 0 amide bonds. The van der Waals surface area contributed by atoms with Crippen LogP contribution in [-0.2, 0) is 5.60 Å². The van der Waals surface area contributed by atoms with Gasteiger partial charge in [-0.25, -0.2) is 0 Å². The lowest BCUT2D eigenvalue weighted by atomic mass is 9.92. The lowest BCUT2D eigenvalue weighted by Crippen LogP contribution is -2.20. The first-order chi connectivity index (χ1) is 5.81. The third-order valence-corrected chi connectivity index (χ3v) is 2.39. The zero-order chi connectivity index (χ0) is 8.44. The standard InChI is InChI=1S/C11H12O/c12-11(8-4-5-9-11)10-6-2-1-3-7-10/h1-7,12H,8-9H2. The smallest absolute Gasteiger partial charge is 0.0965 e. The van der Waals surface area contributed by atoms with Crippen molar-refractivity contribution >= 4 is 0 Å². The Kier molecular flexibility index (Phi) is 1.74. The molecule has 12 heavy (non-hydrogen) atoms. The summed E-state index contributed by atoms with van der Waals surface area (Å²) in [5.74, 6) is 0. The van der Waals surface area contributed by atoms with Gasteiger partial charge in [0.2, 0.25) is 0 Å². The highest BCUT2D eigenvalue weighted by Gasteiger charge is 2.29. The van der Waals surface area contributed by atoms with Crippen molar-refractivity contribution in [2.75, 3.05) is 0 Å². The second kappa shape index (κ2) is 2.76. The summed E-state index contributed by atoms with van der Waals surface area (Å²) in [4.78, 5) is 0. The SMILES string of the molecule is OC1(c2ccccc2)CC=CC1. The molecule has 1 aromatic carbocycles. The van der Waals surface area contributed by atoms with Gasteiger partial charge < -0.3 is 5.11 Å². The Hall–Kier alpha value is -1.08. The molecular formula is C11H12O. The van der Waals surface area contributed by atoms with E-state index in [0.29, 0.717) is 0 Å². The van der Waals surface area contributed by atoms with Gasteiger partial charge in [0.05, 0.1) is 5.60 Å². The quantitative estimate of drug-likeness (QED) is 0.624. The van der Waals surface area contributed by atoms with E-state index >= 15 is 0 Å². The Morgan fingerprint density at radius 2 is 1.58 bits per heavy atom. The number of rotatable bonds is 1. The van der Waals surface area contributed by atoms with E-state index in [0.717, 1.165) is 18.4 Å². The minimum absolute atomic E-state index is 0.624. The van der Waals surface area contributed by atoms with E-state index in [1.165, 1.54) is 0 Å². The Balaban J connectivity index is 2.31. The number of aliphatic hydroxyl groups is 1. The minimum Gasteiger partial charge on any atom is -0.385 e. The van der Waals surface area contributed by atoms with Crippen molar-refractivity contribution in [2.45, 2.75) is 18.4 Å². The molecule has 0 fully saturated rings. The fourth-order valence-corrected chi connectivity index (χ4v) is 1.62. The van der Waals surface area contributed by atoms with Gasteiger partial charge in [0.25, 0.3) is 0 Å². The van der Waals surface area contributed by atoms with Crippen molar-refractivity contribution in [1.82, 2.24) is 0 Å². The van der Waals surface area contributed by atoms with Gasteiger partial charge in [0, 0.05) is 0 Å². The van der Waals surface area contributed by atoms with Crippen LogP contribution < -0.4 is 0 Å². The average Bonchev–Trinajstić information content (AvgIpc) is 2.55. The van der Waals surface area contributed by atoms with Crippen LogP contribution in [0.3, 0.4) is 0 Å².